The van der Waals surface area contributed by atoms with Crippen molar-refractivity contribution in [3.63, 3.8) is 0 Å². The first-order valence-corrected chi connectivity index (χ1v) is 12.1. The molecule has 0 bridgehead atoms. The molecule has 0 fully saturated rings. The zero-order valence-electron chi connectivity index (χ0n) is 19.8. The molecule has 3 atom stereocenters. The Morgan fingerprint density at radius 1 is 1.23 bits per heavy atom. The Kier molecular flexibility index (Phi) is 7.00. The van der Waals surface area contributed by atoms with Crippen LogP contribution in [0.4, 0.5) is 8.78 Å². The number of pyridine rings is 1. The van der Waals surface area contributed by atoms with E-state index in [9.17, 15) is 23.5 Å². The third kappa shape index (κ3) is 4.23. The van der Waals surface area contributed by atoms with Gasteiger partial charge >= 0.3 is 0 Å². The van der Waals surface area contributed by atoms with E-state index in [1.54, 1.807) is 16.6 Å². The Morgan fingerprint density at radius 3 is 2.60 bits per heavy atom. The standard InChI is InChI=1S/C24H26F2N4O4S/c1-5-14(15-8-7-13(25)9-17(15)26)22-27-28-23(35-22)16-10-30-12(3)18(11-34-4)29(6-2)24(33)19(30)21(32)20(16)31/h7-10,12,14,18,32H,5-6,11H2,1-4H3/t12-,14?,18+/m1/s1. The number of amides is 1. The van der Waals surface area contributed by atoms with Crippen molar-refractivity contribution in [2.75, 3.05) is 20.3 Å². The molecule has 2 aromatic heterocycles. The largest absolute Gasteiger partial charge is 0.503 e. The van der Waals surface area contributed by atoms with Gasteiger partial charge in [-0.3, -0.25) is 9.59 Å². The fourth-order valence-electron chi connectivity index (χ4n) is 4.61. The molecule has 0 saturated carbocycles. The number of rotatable bonds is 7. The molecule has 0 saturated heterocycles. The molecule has 4 rings (SSSR count). The van der Waals surface area contributed by atoms with E-state index in [1.807, 2.05) is 20.8 Å². The van der Waals surface area contributed by atoms with E-state index in [0.29, 0.717) is 18.0 Å². The third-order valence-electron chi connectivity index (χ3n) is 6.46. The first kappa shape index (κ1) is 24.9. The second kappa shape index (κ2) is 9.82. The van der Waals surface area contributed by atoms with Crippen LogP contribution < -0.4 is 5.43 Å². The van der Waals surface area contributed by atoms with Gasteiger partial charge in [0.25, 0.3) is 5.91 Å². The molecule has 3 aromatic rings. The van der Waals surface area contributed by atoms with E-state index < -0.39 is 34.6 Å². The molecule has 1 N–H and O–H groups in total. The lowest BCUT2D eigenvalue weighted by Gasteiger charge is -2.41. The molecule has 0 aliphatic carbocycles. The van der Waals surface area contributed by atoms with E-state index in [0.717, 1.165) is 17.4 Å². The maximum atomic E-state index is 14.4. The van der Waals surface area contributed by atoms with Gasteiger partial charge in [0, 0.05) is 31.8 Å². The number of fused-ring (bicyclic) bond motifs is 1. The van der Waals surface area contributed by atoms with Crippen LogP contribution in [0.5, 0.6) is 5.75 Å². The van der Waals surface area contributed by atoms with Crippen molar-refractivity contribution < 1.29 is 23.4 Å². The van der Waals surface area contributed by atoms with Crippen molar-refractivity contribution >= 4 is 17.2 Å². The first-order chi connectivity index (χ1) is 16.7. The van der Waals surface area contributed by atoms with Gasteiger partial charge in [0.05, 0.1) is 24.3 Å². The number of benzene rings is 1. The Balaban J connectivity index is 1.80. The summed E-state index contributed by atoms with van der Waals surface area (Å²) in [6, 6.07) is 2.79. The molecular weight excluding hydrogens is 478 g/mol. The van der Waals surface area contributed by atoms with E-state index >= 15 is 0 Å². The topological polar surface area (TPSA) is 97.5 Å². The summed E-state index contributed by atoms with van der Waals surface area (Å²) in [7, 11) is 1.55. The number of hydrogen-bond acceptors (Lipinski definition) is 7. The minimum absolute atomic E-state index is 0.0787. The Labute approximate surface area is 204 Å². The zero-order chi connectivity index (χ0) is 25.4. The molecule has 1 aromatic carbocycles. The van der Waals surface area contributed by atoms with Gasteiger partial charge in [-0.25, -0.2) is 8.78 Å². The number of ether oxygens (including phenoxy) is 1. The first-order valence-electron chi connectivity index (χ1n) is 11.3. The van der Waals surface area contributed by atoms with Crippen LogP contribution in [0.15, 0.2) is 29.2 Å². The van der Waals surface area contributed by atoms with Crippen molar-refractivity contribution in [2.45, 2.75) is 45.2 Å². The summed E-state index contributed by atoms with van der Waals surface area (Å²) in [5.41, 5.74) is -0.445. The predicted octanol–water partition coefficient (Wildman–Crippen LogP) is 3.94. The second-order valence-electron chi connectivity index (χ2n) is 8.40. The predicted molar refractivity (Wildman–Crippen MR) is 127 cm³/mol. The van der Waals surface area contributed by atoms with Crippen LogP contribution in [0.25, 0.3) is 10.6 Å². The van der Waals surface area contributed by atoms with Gasteiger partial charge in [0.15, 0.2) is 16.5 Å². The van der Waals surface area contributed by atoms with Crippen LogP contribution in [0.3, 0.4) is 0 Å². The molecule has 11 heteroatoms. The highest BCUT2D eigenvalue weighted by Gasteiger charge is 2.39. The Bertz CT molecular complexity index is 1330. The number of aromatic hydroxyl groups is 1. The number of hydrogen-bond donors (Lipinski definition) is 1. The number of likely N-dealkylation sites (N-methyl/N-ethyl adjacent to an activating group) is 1. The van der Waals surface area contributed by atoms with Crippen LogP contribution in [0.2, 0.25) is 0 Å². The summed E-state index contributed by atoms with van der Waals surface area (Å²) in [6.07, 6.45) is 1.99. The van der Waals surface area contributed by atoms with Crippen LogP contribution >= 0.6 is 11.3 Å². The Morgan fingerprint density at radius 2 is 1.97 bits per heavy atom. The maximum Gasteiger partial charge on any atom is 0.274 e. The third-order valence-corrected chi connectivity index (χ3v) is 7.53. The zero-order valence-corrected chi connectivity index (χ0v) is 20.6. The smallest absolute Gasteiger partial charge is 0.274 e. The molecule has 8 nitrogen and oxygen atoms in total. The molecule has 1 aliphatic heterocycles. The van der Waals surface area contributed by atoms with Crippen LogP contribution in [-0.2, 0) is 4.74 Å². The van der Waals surface area contributed by atoms with Crippen LogP contribution in [-0.4, -0.2) is 57.0 Å². The van der Waals surface area contributed by atoms with Gasteiger partial charge in [-0.15, -0.1) is 10.2 Å². The van der Waals surface area contributed by atoms with Crippen LogP contribution in [0, 0.1) is 11.6 Å². The summed E-state index contributed by atoms with van der Waals surface area (Å²) in [6.45, 7) is 6.23. The minimum Gasteiger partial charge on any atom is -0.503 e. The fourth-order valence-corrected chi connectivity index (χ4v) is 5.66. The molecular formula is C24H26F2N4O4S. The number of carbonyl (C=O) groups excluding carboxylic acids is 1. The highest BCUT2D eigenvalue weighted by Crippen LogP contribution is 2.36. The highest BCUT2D eigenvalue weighted by molar-refractivity contribution is 7.14. The average molecular weight is 505 g/mol. The van der Waals surface area contributed by atoms with Crippen LogP contribution in [0.1, 0.15) is 60.2 Å². The molecule has 35 heavy (non-hydrogen) atoms. The molecule has 1 aliphatic rings. The van der Waals surface area contributed by atoms with Crippen molar-refractivity contribution in [1.29, 1.82) is 0 Å². The van der Waals surface area contributed by atoms with Gasteiger partial charge in [-0.2, -0.15) is 0 Å². The molecule has 186 valence electrons. The summed E-state index contributed by atoms with van der Waals surface area (Å²) >= 11 is 1.09. The molecule has 3 heterocycles. The molecule has 1 unspecified atom stereocenters. The van der Waals surface area contributed by atoms with E-state index in [-0.39, 0.29) is 40.5 Å². The fraction of sp³-hybridized carbons (Fsp3) is 0.417. The number of carbonyl (C=O) groups is 1. The van der Waals surface area contributed by atoms with Crippen molar-refractivity contribution in [3.8, 4) is 16.3 Å². The van der Waals surface area contributed by atoms with E-state index in [4.69, 9.17) is 4.74 Å². The molecule has 1 amide bonds. The monoisotopic (exact) mass is 504 g/mol. The summed E-state index contributed by atoms with van der Waals surface area (Å²) in [4.78, 5) is 27.8. The Hall–Kier alpha value is -3.18. The van der Waals surface area contributed by atoms with Crippen molar-refractivity contribution in [2.24, 2.45) is 0 Å². The van der Waals surface area contributed by atoms with E-state index in [2.05, 4.69) is 10.2 Å². The normalized spacial score (nSPS) is 18.6. The summed E-state index contributed by atoms with van der Waals surface area (Å²) in [5.74, 6) is -2.95. The molecule has 0 spiro atoms. The number of aromatic nitrogens is 3. The lowest BCUT2D eigenvalue weighted by Crippen LogP contribution is -2.52. The quantitative estimate of drug-likeness (QED) is 0.524. The summed E-state index contributed by atoms with van der Waals surface area (Å²) < 4.78 is 34.7. The highest BCUT2D eigenvalue weighted by atomic mass is 32.1. The SMILES string of the molecule is CCC(c1nnc(-c2cn3c(c(O)c2=O)C(=O)N(CC)[C@@H](COC)[C@H]3C)s1)c1ccc(F)cc1F. The molecule has 0 radical (unpaired) electrons. The number of nitrogens with zero attached hydrogens (tertiary/aromatic N) is 4. The van der Waals surface area contributed by atoms with E-state index in [1.165, 1.54) is 18.3 Å². The lowest BCUT2D eigenvalue weighted by atomic mass is 9.97. The van der Waals surface area contributed by atoms with Gasteiger partial charge < -0.3 is 19.3 Å². The lowest BCUT2D eigenvalue weighted by molar-refractivity contribution is 0.0328. The van der Waals surface area contributed by atoms with Gasteiger partial charge in [0.2, 0.25) is 5.43 Å². The van der Waals surface area contributed by atoms with Gasteiger partial charge in [0.1, 0.15) is 16.6 Å². The summed E-state index contributed by atoms with van der Waals surface area (Å²) in [5, 5.41) is 19.8. The maximum absolute atomic E-state index is 14.4. The van der Waals surface area contributed by atoms with Gasteiger partial charge in [-0.05, 0) is 31.9 Å². The second-order valence-corrected chi connectivity index (χ2v) is 9.41. The average Bonchev–Trinajstić information content (AvgIpc) is 3.30. The number of methoxy groups -OCH3 is 1. The number of halogens is 2. The van der Waals surface area contributed by atoms with Crippen molar-refractivity contribution in [3.05, 3.63) is 62.5 Å². The van der Waals surface area contributed by atoms with Crippen molar-refractivity contribution in [1.82, 2.24) is 19.7 Å². The van der Waals surface area contributed by atoms with Gasteiger partial charge in [-0.1, -0.05) is 24.3 Å². The minimum atomic E-state index is -0.734.